The third-order valence-corrected chi connectivity index (χ3v) is 4.07. The molecule has 1 aromatic rings. The van der Waals surface area contributed by atoms with Crippen molar-refractivity contribution in [1.29, 1.82) is 0 Å². The van der Waals surface area contributed by atoms with Gasteiger partial charge in [-0.25, -0.2) is 4.79 Å². The Morgan fingerprint density at radius 1 is 1.42 bits per heavy atom. The maximum absolute atomic E-state index is 11.7. The van der Waals surface area contributed by atoms with Gasteiger partial charge in [-0.05, 0) is 36.4 Å². The zero-order chi connectivity index (χ0) is 13.8. The fraction of sp³-hybridized carbons (Fsp3) is 0.562. The van der Waals surface area contributed by atoms with Gasteiger partial charge in [-0.1, -0.05) is 32.0 Å². The van der Waals surface area contributed by atoms with Crippen LogP contribution in [0.2, 0.25) is 0 Å². The fourth-order valence-corrected chi connectivity index (χ4v) is 2.76. The lowest BCUT2D eigenvalue weighted by molar-refractivity contribution is 0.0598. The number of rotatable bonds is 4. The van der Waals surface area contributed by atoms with Gasteiger partial charge in [0.05, 0.1) is 12.7 Å². The molecule has 1 saturated heterocycles. The molecule has 1 unspecified atom stereocenters. The number of methoxy groups -OCH3 is 1. The number of ether oxygens (including phenoxy) is 1. The smallest absolute Gasteiger partial charge is 0.338 e. The summed E-state index contributed by atoms with van der Waals surface area (Å²) in [7, 11) is 1.43. The highest BCUT2D eigenvalue weighted by Crippen LogP contribution is 2.25. The quantitative estimate of drug-likeness (QED) is 0.780. The summed E-state index contributed by atoms with van der Waals surface area (Å²) in [5, 5.41) is 0. The SMILES string of the molecule is COC(=O)c1ccccc1CN1CCC(C(C)C)C1. The van der Waals surface area contributed by atoms with Gasteiger partial charge in [-0.3, -0.25) is 4.90 Å². The summed E-state index contributed by atoms with van der Waals surface area (Å²) >= 11 is 0. The molecule has 1 aromatic carbocycles. The molecule has 19 heavy (non-hydrogen) atoms. The van der Waals surface area contributed by atoms with Crippen LogP contribution in [-0.4, -0.2) is 31.1 Å². The Kier molecular flexibility index (Phi) is 4.59. The molecule has 1 fully saturated rings. The second-order valence-corrected chi connectivity index (χ2v) is 5.68. The van der Waals surface area contributed by atoms with Crippen LogP contribution in [0.3, 0.4) is 0 Å². The van der Waals surface area contributed by atoms with E-state index in [0.29, 0.717) is 5.56 Å². The molecule has 1 aliphatic rings. The summed E-state index contributed by atoms with van der Waals surface area (Å²) in [4.78, 5) is 14.2. The van der Waals surface area contributed by atoms with Crippen molar-refractivity contribution in [3.8, 4) is 0 Å². The first-order chi connectivity index (χ1) is 9.11. The molecule has 1 atom stereocenters. The van der Waals surface area contributed by atoms with Gasteiger partial charge >= 0.3 is 5.97 Å². The second kappa shape index (κ2) is 6.20. The predicted molar refractivity (Wildman–Crippen MR) is 76.0 cm³/mol. The first-order valence-electron chi connectivity index (χ1n) is 7.00. The van der Waals surface area contributed by atoms with Gasteiger partial charge in [0, 0.05) is 13.1 Å². The van der Waals surface area contributed by atoms with Crippen LogP contribution >= 0.6 is 0 Å². The predicted octanol–water partition coefficient (Wildman–Crippen LogP) is 2.95. The van der Waals surface area contributed by atoms with Crippen molar-refractivity contribution in [2.75, 3.05) is 20.2 Å². The van der Waals surface area contributed by atoms with E-state index >= 15 is 0 Å². The minimum atomic E-state index is -0.241. The standard InChI is InChI=1S/C16H23NO2/c1-12(2)13-8-9-17(10-13)11-14-6-4-5-7-15(14)16(18)19-3/h4-7,12-13H,8-11H2,1-3H3. The highest BCUT2D eigenvalue weighted by molar-refractivity contribution is 5.90. The second-order valence-electron chi connectivity index (χ2n) is 5.68. The summed E-state index contributed by atoms with van der Waals surface area (Å²) in [5.41, 5.74) is 1.76. The maximum atomic E-state index is 11.7. The van der Waals surface area contributed by atoms with Crippen LogP contribution in [0.1, 0.15) is 36.2 Å². The van der Waals surface area contributed by atoms with E-state index in [-0.39, 0.29) is 5.97 Å². The van der Waals surface area contributed by atoms with E-state index in [1.807, 2.05) is 24.3 Å². The van der Waals surface area contributed by atoms with Crippen LogP contribution in [0.4, 0.5) is 0 Å². The van der Waals surface area contributed by atoms with Crippen molar-refractivity contribution in [1.82, 2.24) is 4.90 Å². The lowest BCUT2D eigenvalue weighted by Gasteiger charge is -2.19. The van der Waals surface area contributed by atoms with E-state index in [2.05, 4.69) is 18.7 Å². The fourth-order valence-electron chi connectivity index (χ4n) is 2.76. The van der Waals surface area contributed by atoms with E-state index < -0.39 is 0 Å². The Morgan fingerprint density at radius 2 is 2.16 bits per heavy atom. The lowest BCUT2D eigenvalue weighted by Crippen LogP contribution is -2.22. The topological polar surface area (TPSA) is 29.5 Å². The van der Waals surface area contributed by atoms with Crippen molar-refractivity contribution in [2.24, 2.45) is 11.8 Å². The number of esters is 1. The molecular formula is C16H23NO2. The molecule has 0 radical (unpaired) electrons. The molecular weight excluding hydrogens is 238 g/mol. The Labute approximate surface area is 115 Å². The number of hydrogen-bond donors (Lipinski definition) is 0. The number of carbonyl (C=O) groups excluding carboxylic acids is 1. The number of hydrogen-bond acceptors (Lipinski definition) is 3. The summed E-state index contributed by atoms with van der Waals surface area (Å²) in [6, 6.07) is 7.74. The molecule has 0 N–H and O–H groups in total. The van der Waals surface area contributed by atoms with E-state index in [0.717, 1.165) is 37.0 Å². The number of benzene rings is 1. The van der Waals surface area contributed by atoms with Crippen molar-refractivity contribution >= 4 is 5.97 Å². The Morgan fingerprint density at radius 3 is 2.79 bits per heavy atom. The van der Waals surface area contributed by atoms with Gasteiger partial charge in [0.25, 0.3) is 0 Å². The third-order valence-electron chi connectivity index (χ3n) is 4.07. The largest absolute Gasteiger partial charge is 0.465 e. The van der Waals surface area contributed by atoms with Crippen molar-refractivity contribution in [3.63, 3.8) is 0 Å². The molecule has 0 bridgehead atoms. The molecule has 2 rings (SSSR count). The Hall–Kier alpha value is -1.35. The van der Waals surface area contributed by atoms with Gasteiger partial charge in [0.2, 0.25) is 0 Å². The molecule has 0 amide bonds. The summed E-state index contributed by atoms with van der Waals surface area (Å²) in [6.07, 6.45) is 1.26. The molecule has 1 heterocycles. The highest BCUT2D eigenvalue weighted by atomic mass is 16.5. The highest BCUT2D eigenvalue weighted by Gasteiger charge is 2.25. The molecule has 104 valence electrons. The van der Waals surface area contributed by atoms with Crippen molar-refractivity contribution in [2.45, 2.75) is 26.8 Å². The van der Waals surface area contributed by atoms with Gasteiger partial charge < -0.3 is 4.74 Å². The molecule has 3 heteroatoms. The number of likely N-dealkylation sites (tertiary alicyclic amines) is 1. The molecule has 1 aliphatic heterocycles. The third kappa shape index (κ3) is 3.35. The van der Waals surface area contributed by atoms with E-state index in [9.17, 15) is 4.79 Å². The molecule has 0 saturated carbocycles. The minimum absolute atomic E-state index is 0.241. The monoisotopic (exact) mass is 261 g/mol. The van der Waals surface area contributed by atoms with Crippen molar-refractivity contribution in [3.05, 3.63) is 35.4 Å². The Bertz CT molecular complexity index is 442. The first-order valence-corrected chi connectivity index (χ1v) is 7.00. The van der Waals surface area contributed by atoms with Crippen LogP contribution in [0.15, 0.2) is 24.3 Å². The van der Waals surface area contributed by atoms with Crippen molar-refractivity contribution < 1.29 is 9.53 Å². The zero-order valence-electron chi connectivity index (χ0n) is 12.1. The van der Waals surface area contributed by atoms with Gasteiger partial charge in [-0.15, -0.1) is 0 Å². The normalized spacial score (nSPS) is 19.9. The van der Waals surface area contributed by atoms with Crippen LogP contribution in [0.5, 0.6) is 0 Å². The van der Waals surface area contributed by atoms with E-state index in [1.165, 1.54) is 13.5 Å². The minimum Gasteiger partial charge on any atom is -0.465 e. The summed E-state index contributed by atoms with van der Waals surface area (Å²) in [6.45, 7) is 7.67. The number of carbonyl (C=O) groups is 1. The van der Waals surface area contributed by atoms with Crippen LogP contribution in [-0.2, 0) is 11.3 Å². The van der Waals surface area contributed by atoms with Crippen LogP contribution < -0.4 is 0 Å². The van der Waals surface area contributed by atoms with Gasteiger partial charge in [0.15, 0.2) is 0 Å². The first kappa shape index (κ1) is 14.1. The average molecular weight is 261 g/mol. The maximum Gasteiger partial charge on any atom is 0.338 e. The molecule has 0 aromatic heterocycles. The number of nitrogens with zero attached hydrogens (tertiary/aromatic N) is 1. The summed E-state index contributed by atoms with van der Waals surface area (Å²) < 4.78 is 4.84. The average Bonchev–Trinajstić information content (AvgIpc) is 2.87. The lowest BCUT2D eigenvalue weighted by atomic mass is 9.95. The van der Waals surface area contributed by atoms with E-state index in [4.69, 9.17) is 4.74 Å². The Balaban J connectivity index is 2.06. The molecule has 0 spiro atoms. The van der Waals surface area contributed by atoms with Gasteiger partial charge in [0.1, 0.15) is 0 Å². The van der Waals surface area contributed by atoms with Crippen LogP contribution in [0, 0.1) is 11.8 Å². The van der Waals surface area contributed by atoms with Crippen LogP contribution in [0.25, 0.3) is 0 Å². The zero-order valence-corrected chi connectivity index (χ0v) is 12.1. The van der Waals surface area contributed by atoms with E-state index in [1.54, 1.807) is 0 Å². The molecule has 3 nitrogen and oxygen atoms in total. The molecule has 0 aliphatic carbocycles. The summed E-state index contributed by atoms with van der Waals surface area (Å²) in [5.74, 6) is 1.28. The van der Waals surface area contributed by atoms with Gasteiger partial charge in [-0.2, -0.15) is 0 Å².